The number of amides is 1. The number of rotatable bonds is 1. The van der Waals surface area contributed by atoms with E-state index in [1.165, 1.54) is 4.90 Å². The van der Waals surface area contributed by atoms with Crippen LogP contribution in [-0.4, -0.2) is 51.3 Å². The number of nitrogens with zero attached hydrogens (tertiary/aromatic N) is 1. The van der Waals surface area contributed by atoms with E-state index in [2.05, 4.69) is 4.98 Å². The van der Waals surface area contributed by atoms with Gasteiger partial charge in [0, 0.05) is 35.8 Å². The van der Waals surface area contributed by atoms with Crippen LogP contribution in [0.4, 0.5) is 0 Å². The number of H-pyrrole nitrogens is 1. The molecular formula is C13H14N2O3. The van der Waals surface area contributed by atoms with Crippen molar-refractivity contribution >= 4 is 16.8 Å². The predicted molar refractivity (Wildman–Crippen MR) is 66.2 cm³/mol. The summed E-state index contributed by atoms with van der Waals surface area (Å²) in [5, 5.41) is 19.9. The molecule has 3 N–H and O–H groups in total. The molecule has 1 aromatic carbocycles. The smallest absolute Gasteiger partial charge is 0.254 e. The van der Waals surface area contributed by atoms with E-state index in [1.54, 1.807) is 6.07 Å². The highest BCUT2D eigenvalue weighted by atomic mass is 16.3. The third-order valence-electron chi connectivity index (χ3n) is 3.35. The molecule has 1 fully saturated rings. The molecule has 0 saturated carbocycles. The molecule has 18 heavy (non-hydrogen) atoms. The van der Waals surface area contributed by atoms with Gasteiger partial charge in [-0.05, 0) is 24.3 Å². The minimum Gasteiger partial charge on any atom is -0.388 e. The van der Waals surface area contributed by atoms with Crippen molar-refractivity contribution in [2.24, 2.45) is 0 Å². The zero-order chi connectivity index (χ0) is 12.7. The van der Waals surface area contributed by atoms with E-state index in [4.69, 9.17) is 0 Å². The van der Waals surface area contributed by atoms with Crippen LogP contribution in [0.3, 0.4) is 0 Å². The topological polar surface area (TPSA) is 76.6 Å². The number of benzene rings is 1. The van der Waals surface area contributed by atoms with Gasteiger partial charge in [-0.25, -0.2) is 0 Å². The maximum absolute atomic E-state index is 12.2. The fourth-order valence-electron chi connectivity index (χ4n) is 2.30. The Kier molecular flexibility index (Phi) is 2.57. The first-order valence-corrected chi connectivity index (χ1v) is 5.88. The van der Waals surface area contributed by atoms with Crippen molar-refractivity contribution in [3.63, 3.8) is 0 Å². The number of hydrogen-bond acceptors (Lipinski definition) is 3. The van der Waals surface area contributed by atoms with Crippen LogP contribution >= 0.6 is 0 Å². The summed E-state index contributed by atoms with van der Waals surface area (Å²) in [5.41, 5.74) is 1.55. The van der Waals surface area contributed by atoms with Gasteiger partial charge in [-0.2, -0.15) is 0 Å². The fraction of sp³-hybridized carbons (Fsp3) is 0.308. The van der Waals surface area contributed by atoms with Gasteiger partial charge in [0.05, 0.1) is 12.2 Å². The molecule has 3 rings (SSSR count). The second-order valence-corrected chi connectivity index (χ2v) is 4.62. The molecule has 1 aliphatic rings. The summed E-state index contributed by atoms with van der Waals surface area (Å²) in [6, 6.07) is 7.31. The van der Waals surface area contributed by atoms with Crippen molar-refractivity contribution in [2.45, 2.75) is 12.2 Å². The maximum Gasteiger partial charge on any atom is 0.254 e. The predicted octanol–water partition coefficient (Wildman–Crippen LogP) is 0.346. The highest BCUT2D eigenvalue weighted by Crippen LogP contribution is 2.18. The van der Waals surface area contributed by atoms with Gasteiger partial charge in [0.2, 0.25) is 0 Å². The Bertz CT molecular complexity index is 583. The number of carbonyl (C=O) groups excluding carboxylic acids is 1. The van der Waals surface area contributed by atoms with Crippen molar-refractivity contribution in [3.05, 3.63) is 36.0 Å². The molecule has 2 heterocycles. The Labute approximate surface area is 104 Å². The quantitative estimate of drug-likeness (QED) is 0.679. The Morgan fingerprint density at radius 2 is 1.94 bits per heavy atom. The molecule has 2 atom stereocenters. The number of fused-ring (bicyclic) bond motifs is 1. The van der Waals surface area contributed by atoms with Crippen LogP contribution in [-0.2, 0) is 0 Å². The number of likely N-dealkylation sites (tertiary alicyclic amines) is 1. The summed E-state index contributed by atoms with van der Waals surface area (Å²) in [7, 11) is 0. The van der Waals surface area contributed by atoms with Crippen LogP contribution in [0.2, 0.25) is 0 Å². The van der Waals surface area contributed by atoms with Crippen LogP contribution in [0, 0.1) is 0 Å². The number of hydrogen-bond donors (Lipinski definition) is 3. The van der Waals surface area contributed by atoms with Crippen LogP contribution < -0.4 is 0 Å². The van der Waals surface area contributed by atoms with Gasteiger partial charge < -0.3 is 20.1 Å². The summed E-state index contributed by atoms with van der Waals surface area (Å²) in [4.78, 5) is 16.7. The van der Waals surface area contributed by atoms with Gasteiger partial charge in [-0.15, -0.1) is 0 Å². The highest BCUT2D eigenvalue weighted by molar-refractivity contribution is 5.98. The van der Waals surface area contributed by atoms with Crippen molar-refractivity contribution in [3.8, 4) is 0 Å². The lowest BCUT2D eigenvalue weighted by molar-refractivity contribution is 0.0572. The Morgan fingerprint density at radius 1 is 1.22 bits per heavy atom. The third kappa shape index (κ3) is 1.77. The second kappa shape index (κ2) is 4.12. The molecule has 0 spiro atoms. The third-order valence-corrected chi connectivity index (χ3v) is 3.35. The second-order valence-electron chi connectivity index (χ2n) is 4.62. The van der Waals surface area contributed by atoms with Crippen LogP contribution in [0.5, 0.6) is 0 Å². The molecule has 2 unspecified atom stereocenters. The van der Waals surface area contributed by atoms with Gasteiger partial charge in [-0.1, -0.05) is 0 Å². The number of nitrogens with one attached hydrogen (secondary N) is 1. The maximum atomic E-state index is 12.2. The van der Waals surface area contributed by atoms with Gasteiger partial charge in [-0.3, -0.25) is 4.79 Å². The van der Waals surface area contributed by atoms with Crippen molar-refractivity contribution in [2.75, 3.05) is 13.1 Å². The molecule has 1 amide bonds. The van der Waals surface area contributed by atoms with Crippen LogP contribution in [0.25, 0.3) is 10.9 Å². The van der Waals surface area contributed by atoms with Crippen LogP contribution in [0.1, 0.15) is 10.4 Å². The average Bonchev–Trinajstić information content (AvgIpc) is 2.95. The molecule has 5 heteroatoms. The van der Waals surface area contributed by atoms with Crippen molar-refractivity contribution < 1.29 is 15.0 Å². The number of β-amino-alcohol motifs (C(OH)–C–C–N with tert-alkyl or cyclic N) is 2. The highest BCUT2D eigenvalue weighted by Gasteiger charge is 2.32. The van der Waals surface area contributed by atoms with Gasteiger partial charge >= 0.3 is 0 Å². The largest absolute Gasteiger partial charge is 0.388 e. The molecule has 1 aliphatic heterocycles. The summed E-state index contributed by atoms with van der Waals surface area (Å²) < 4.78 is 0. The summed E-state index contributed by atoms with van der Waals surface area (Å²) in [5.74, 6) is -0.159. The number of carbonyl (C=O) groups is 1. The molecule has 1 saturated heterocycles. The summed E-state index contributed by atoms with van der Waals surface area (Å²) in [6.07, 6.45) is 0.136. The summed E-state index contributed by atoms with van der Waals surface area (Å²) in [6.45, 7) is 0.371. The Morgan fingerprint density at radius 3 is 2.67 bits per heavy atom. The van der Waals surface area contributed by atoms with E-state index in [0.29, 0.717) is 5.56 Å². The standard InChI is InChI=1S/C13H14N2O3/c16-11-6-15(7-12(11)17)13(18)9-1-2-10-8(5-9)3-4-14-10/h1-5,11-12,14,16-17H,6-7H2. The Balaban J connectivity index is 1.87. The van der Waals surface area contributed by atoms with E-state index >= 15 is 0 Å². The number of aliphatic hydroxyl groups excluding tert-OH is 2. The lowest BCUT2D eigenvalue weighted by atomic mass is 10.1. The SMILES string of the molecule is O=C(c1ccc2[nH]ccc2c1)N1CC(O)C(O)C1. The van der Waals surface area contributed by atoms with E-state index in [-0.39, 0.29) is 19.0 Å². The minimum absolute atomic E-state index is 0.159. The molecule has 94 valence electrons. The zero-order valence-electron chi connectivity index (χ0n) is 9.71. The van der Waals surface area contributed by atoms with E-state index in [0.717, 1.165) is 10.9 Å². The lowest BCUT2D eigenvalue weighted by Crippen LogP contribution is -2.29. The average molecular weight is 246 g/mol. The molecular weight excluding hydrogens is 232 g/mol. The van der Waals surface area contributed by atoms with E-state index in [9.17, 15) is 15.0 Å². The number of aromatic amines is 1. The van der Waals surface area contributed by atoms with E-state index in [1.807, 2.05) is 24.4 Å². The zero-order valence-corrected chi connectivity index (χ0v) is 9.71. The molecule has 0 aliphatic carbocycles. The lowest BCUT2D eigenvalue weighted by Gasteiger charge is -2.15. The minimum atomic E-state index is -0.843. The first-order chi connectivity index (χ1) is 8.65. The monoisotopic (exact) mass is 246 g/mol. The van der Waals surface area contributed by atoms with Gasteiger partial charge in [0.1, 0.15) is 0 Å². The first kappa shape index (κ1) is 11.3. The van der Waals surface area contributed by atoms with Gasteiger partial charge in [0.25, 0.3) is 5.91 Å². The Hall–Kier alpha value is -1.85. The summed E-state index contributed by atoms with van der Waals surface area (Å²) >= 11 is 0. The van der Waals surface area contributed by atoms with Crippen molar-refractivity contribution in [1.29, 1.82) is 0 Å². The van der Waals surface area contributed by atoms with Gasteiger partial charge in [0.15, 0.2) is 0 Å². The van der Waals surface area contributed by atoms with Crippen LogP contribution in [0.15, 0.2) is 30.5 Å². The van der Waals surface area contributed by atoms with E-state index < -0.39 is 12.2 Å². The molecule has 1 aromatic heterocycles. The first-order valence-electron chi connectivity index (χ1n) is 5.88. The molecule has 0 radical (unpaired) electrons. The fourth-order valence-corrected chi connectivity index (χ4v) is 2.30. The number of aromatic nitrogens is 1. The molecule has 0 bridgehead atoms. The molecule has 5 nitrogen and oxygen atoms in total. The van der Waals surface area contributed by atoms with Crippen molar-refractivity contribution in [1.82, 2.24) is 9.88 Å². The number of aliphatic hydroxyl groups is 2. The normalized spacial score (nSPS) is 23.8. The molecule has 2 aromatic rings.